The van der Waals surface area contributed by atoms with Gasteiger partial charge < -0.3 is 15.7 Å². The third-order valence-electron chi connectivity index (χ3n) is 3.56. The highest BCUT2D eigenvalue weighted by atomic mass is 35.5. The molecule has 0 bridgehead atoms. The molecule has 0 spiro atoms. The molecule has 3 atom stereocenters. The molecule has 0 aliphatic carbocycles. The summed E-state index contributed by atoms with van der Waals surface area (Å²) in [5.74, 6) is -0.437. The lowest BCUT2D eigenvalue weighted by Crippen LogP contribution is -2.54. The van der Waals surface area contributed by atoms with Crippen LogP contribution in [0.5, 0.6) is 0 Å². The molecule has 1 aromatic carbocycles. The van der Waals surface area contributed by atoms with Gasteiger partial charge in [-0.1, -0.05) is 18.2 Å². The van der Waals surface area contributed by atoms with E-state index in [2.05, 4.69) is 16.7 Å². The average Bonchev–Trinajstić information content (AvgIpc) is 2.67. The van der Waals surface area contributed by atoms with Gasteiger partial charge in [-0.3, -0.25) is 4.79 Å². The molecule has 1 aromatic rings. The summed E-state index contributed by atoms with van der Waals surface area (Å²) < 4.78 is 0. The van der Waals surface area contributed by atoms with Crippen molar-refractivity contribution in [3.05, 3.63) is 29.8 Å². The van der Waals surface area contributed by atoms with E-state index >= 15 is 0 Å². The molecule has 5 heteroatoms. The first-order valence-corrected chi connectivity index (χ1v) is 5.59. The van der Waals surface area contributed by atoms with Crippen LogP contribution in [-0.4, -0.2) is 29.7 Å². The van der Waals surface area contributed by atoms with Crippen LogP contribution in [0, 0.1) is 0 Å². The van der Waals surface area contributed by atoms with Crippen LogP contribution in [0.15, 0.2) is 24.3 Å². The van der Waals surface area contributed by atoms with E-state index < -0.39 is 12.0 Å². The normalized spacial score (nSPS) is 29.5. The van der Waals surface area contributed by atoms with Gasteiger partial charge in [0.1, 0.15) is 6.04 Å². The van der Waals surface area contributed by atoms with Gasteiger partial charge in [-0.25, -0.2) is 0 Å². The lowest BCUT2D eigenvalue weighted by Gasteiger charge is -2.32. The smallest absolute Gasteiger partial charge is 0.322 e. The SMILES string of the molecule is Cl.O=C(O)[C@@H]1NCCC2c3ccccc3NC21. The second-order valence-electron chi connectivity index (χ2n) is 4.42. The second kappa shape index (κ2) is 4.55. The van der Waals surface area contributed by atoms with Crippen molar-refractivity contribution in [1.82, 2.24) is 5.32 Å². The van der Waals surface area contributed by atoms with Gasteiger partial charge >= 0.3 is 5.97 Å². The predicted molar refractivity (Wildman–Crippen MR) is 67.9 cm³/mol. The number of hydrogen-bond donors (Lipinski definition) is 3. The molecule has 1 fully saturated rings. The van der Waals surface area contributed by atoms with Gasteiger partial charge in [0.15, 0.2) is 0 Å². The molecule has 4 nitrogen and oxygen atoms in total. The number of piperidine rings is 1. The number of rotatable bonds is 1. The summed E-state index contributed by atoms with van der Waals surface area (Å²) in [7, 11) is 0. The molecular weight excluding hydrogens is 240 g/mol. The number of benzene rings is 1. The first-order valence-electron chi connectivity index (χ1n) is 5.59. The molecule has 0 radical (unpaired) electrons. The Morgan fingerprint density at radius 2 is 2.12 bits per heavy atom. The van der Waals surface area contributed by atoms with Gasteiger partial charge in [0.05, 0.1) is 6.04 Å². The highest BCUT2D eigenvalue weighted by molar-refractivity contribution is 5.85. The van der Waals surface area contributed by atoms with Crippen molar-refractivity contribution in [3.8, 4) is 0 Å². The maximum absolute atomic E-state index is 11.1. The van der Waals surface area contributed by atoms with Crippen molar-refractivity contribution in [2.45, 2.75) is 24.4 Å². The molecule has 2 aliphatic heterocycles. The molecule has 0 saturated carbocycles. The Hall–Kier alpha value is -1.26. The van der Waals surface area contributed by atoms with E-state index in [9.17, 15) is 4.79 Å². The van der Waals surface area contributed by atoms with Crippen LogP contribution in [0.25, 0.3) is 0 Å². The third-order valence-corrected chi connectivity index (χ3v) is 3.56. The van der Waals surface area contributed by atoms with Crippen molar-refractivity contribution in [1.29, 1.82) is 0 Å². The first-order chi connectivity index (χ1) is 7.77. The Bertz CT molecular complexity index is 438. The van der Waals surface area contributed by atoms with Crippen LogP contribution in [0.3, 0.4) is 0 Å². The molecule has 0 aromatic heterocycles. The molecule has 2 aliphatic rings. The number of aliphatic carboxylic acids is 1. The fourth-order valence-electron chi connectivity index (χ4n) is 2.84. The minimum absolute atomic E-state index is 0. The van der Waals surface area contributed by atoms with Crippen LogP contribution >= 0.6 is 12.4 Å². The van der Waals surface area contributed by atoms with Crippen LogP contribution in [0.1, 0.15) is 17.9 Å². The summed E-state index contributed by atoms with van der Waals surface area (Å²) in [5, 5.41) is 15.5. The maximum Gasteiger partial charge on any atom is 0.322 e. The van der Waals surface area contributed by atoms with Gasteiger partial charge in [0, 0.05) is 11.6 Å². The summed E-state index contributed by atoms with van der Waals surface area (Å²) in [6.07, 6.45) is 0.998. The van der Waals surface area contributed by atoms with E-state index in [0.29, 0.717) is 5.92 Å². The van der Waals surface area contributed by atoms with E-state index in [-0.39, 0.29) is 18.4 Å². The van der Waals surface area contributed by atoms with Crippen LogP contribution < -0.4 is 10.6 Å². The molecule has 17 heavy (non-hydrogen) atoms. The molecule has 0 amide bonds. The summed E-state index contributed by atoms with van der Waals surface area (Å²) in [4.78, 5) is 11.1. The number of carboxylic acids is 1. The molecule has 3 N–H and O–H groups in total. The number of carboxylic acid groups (broad SMARTS) is 1. The van der Waals surface area contributed by atoms with Crippen LogP contribution in [-0.2, 0) is 4.79 Å². The van der Waals surface area contributed by atoms with Gasteiger partial charge in [-0.05, 0) is 24.6 Å². The van der Waals surface area contributed by atoms with Gasteiger partial charge in [-0.15, -0.1) is 12.4 Å². The molecule has 2 unspecified atom stereocenters. The van der Waals surface area contributed by atoms with Crippen molar-refractivity contribution in [2.75, 3.05) is 11.9 Å². The Morgan fingerprint density at radius 1 is 1.35 bits per heavy atom. The standard InChI is InChI=1S/C12H14N2O2.ClH/c15-12(16)11-10-8(5-6-13-11)7-3-1-2-4-9(7)14-10;/h1-4,8,10-11,13-14H,5-6H2,(H,15,16);1H/t8?,10?,11-;/m1./s1. The molecular formula is C12H15ClN2O2. The zero-order valence-electron chi connectivity index (χ0n) is 9.22. The number of hydrogen-bond acceptors (Lipinski definition) is 3. The molecule has 1 saturated heterocycles. The van der Waals surface area contributed by atoms with Crippen molar-refractivity contribution in [2.24, 2.45) is 0 Å². The fourth-order valence-corrected chi connectivity index (χ4v) is 2.84. The van der Waals surface area contributed by atoms with Gasteiger partial charge in [0.25, 0.3) is 0 Å². The summed E-state index contributed by atoms with van der Waals surface area (Å²) >= 11 is 0. The Morgan fingerprint density at radius 3 is 2.88 bits per heavy atom. The van der Waals surface area contributed by atoms with Crippen molar-refractivity contribution < 1.29 is 9.90 Å². The monoisotopic (exact) mass is 254 g/mol. The number of nitrogens with one attached hydrogen (secondary N) is 2. The number of fused-ring (bicyclic) bond motifs is 3. The summed E-state index contributed by atoms with van der Waals surface area (Å²) in [6.45, 7) is 0.772. The fraction of sp³-hybridized carbons (Fsp3) is 0.417. The number of carbonyl (C=O) groups is 1. The first kappa shape index (κ1) is 12.2. The minimum atomic E-state index is -0.769. The zero-order chi connectivity index (χ0) is 11.1. The Kier molecular flexibility index (Phi) is 3.26. The lowest BCUT2D eigenvalue weighted by molar-refractivity contribution is -0.140. The van der Waals surface area contributed by atoms with Crippen LogP contribution in [0.2, 0.25) is 0 Å². The quantitative estimate of drug-likeness (QED) is 0.710. The number of anilines is 1. The largest absolute Gasteiger partial charge is 0.480 e. The topological polar surface area (TPSA) is 61.4 Å². The molecule has 2 heterocycles. The van der Waals surface area contributed by atoms with Crippen molar-refractivity contribution in [3.63, 3.8) is 0 Å². The Labute approximate surface area is 106 Å². The van der Waals surface area contributed by atoms with E-state index in [1.165, 1.54) is 5.56 Å². The summed E-state index contributed by atoms with van der Waals surface area (Å²) in [6, 6.07) is 7.62. The molecule has 3 rings (SSSR count). The highest BCUT2D eigenvalue weighted by Gasteiger charge is 2.42. The maximum atomic E-state index is 11.1. The third kappa shape index (κ3) is 1.87. The zero-order valence-corrected chi connectivity index (χ0v) is 10.0. The second-order valence-corrected chi connectivity index (χ2v) is 4.42. The minimum Gasteiger partial charge on any atom is -0.480 e. The van der Waals surface area contributed by atoms with E-state index in [1.54, 1.807) is 0 Å². The number of para-hydroxylation sites is 1. The lowest BCUT2D eigenvalue weighted by atomic mass is 9.85. The van der Waals surface area contributed by atoms with Crippen LogP contribution in [0.4, 0.5) is 5.69 Å². The highest BCUT2D eigenvalue weighted by Crippen LogP contribution is 2.40. The summed E-state index contributed by atoms with van der Waals surface area (Å²) in [5.41, 5.74) is 2.35. The van der Waals surface area contributed by atoms with Gasteiger partial charge in [0.2, 0.25) is 0 Å². The Balaban J connectivity index is 0.00000108. The van der Waals surface area contributed by atoms with Gasteiger partial charge in [-0.2, -0.15) is 0 Å². The van der Waals surface area contributed by atoms with E-state index in [4.69, 9.17) is 5.11 Å². The number of halogens is 1. The van der Waals surface area contributed by atoms with E-state index in [0.717, 1.165) is 18.7 Å². The predicted octanol–water partition coefficient (Wildman–Crippen LogP) is 1.43. The van der Waals surface area contributed by atoms with E-state index in [1.807, 2.05) is 18.2 Å². The average molecular weight is 255 g/mol. The van der Waals surface area contributed by atoms with Crippen molar-refractivity contribution >= 4 is 24.1 Å². The molecule has 92 valence electrons.